The Bertz CT molecular complexity index is 277. The molecule has 0 fully saturated rings. The van der Waals surface area contributed by atoms with E-state index in [9.17, 15) is 9.59 Å². The molecule has 0 saturated carbocycles. The van der Waals surface area contributed by atoms with Crippen LogP contribution in [0.15, 0.2) is 12.2 Å². The van der Waals surface area contributed by atoms with E-state index in [0.717, 1.165) is 12.8 Å². The molecule has 0 amide bonds. The van der Waals surface area contributed by atoms with Gasteiger partial charge in [-0.1, -0.05) is 38.3 Å². The summed E-state index contributed by atoms with van der Waals surface area (Å²) in [5.74, 6) is -2.29. The summed E-state index contributed by atoms with van der Waals surface area (Å²) in [6.45, 7) is 2.15. The molecule has 0 aromatic carbocycles. The lowest BCUT2D eigenvalue weighted by atomic mass is 10.0. The highest BCUT2D eigenvalue weighted by molar-refractivity contribution is 5.75. The SMILES string of the molecule is CCCCCCC=CC(CCCC(=O)O)C(=O)O.[AlH3]. The van der Waals surface area contributed by atoms with Crippen molar-refractivity contribution in [2.45, 2.75) is 58.3 Å². The number of aliphatic carboxylic acids is 2. The third-order valence-electron chi connectivity index (χ3n) is 2.82. The fraction of sp³-hybridized carbons (Fsp3) is 0.714. The maximum atomic E-state index is 10.9. The zero-order valence-corrected chi connectivity index (χ0v) is 11.1. The maximum absolute atomic E-state index is 10.9. The van der Waals surface area contributed by atoms with E-state index in [4.69, 9.17) is 10.2 Å². The van der Waals surface area contributed by atoms with Crippen LogP contribution in [0.25, 0.3) is 0 Å². The number of hydrogen-bond donors (Lipinski definition) is 2. The molecule has 0 bridgehead atoms. The van der Waals surface area contributed by atoms with Crippen molar-refractivity contribution in [1.82, 2.24) is 0 Å². The Labute approximate surface area is 126 Å². The van der Waals surface area contributed by atoms with E-state index in [-0.39, 0.29) is 23.8 Å². The highest BCUT2D eigenvalue weighted by Crippen LogP contribution is 2.12. The standard InChI is InChI=1S/C14H24O4.Al.3H/c1-2-3-4-5-6-7-9-12(14(17)18)10-8-11-13(15)16;;;;/h7,9,12H,2-6,8,10-11H2,1H3,(H,15,16)(H,17,18);;;;. The first kappa shape index (κ1) is 20.5. The summed E-state index contributed by atoms with van der Waals surface area (Å²) in [6, 6.07) is 0. The molecule has 0 radical (unpaired) electrons. The van der Waals surface area contributed by atoms with Crippen LogP contribution in [0.1, 0.15) is 58.3 Å². The second-order valence-electron chi connectivity index (χ2n) is 4.51. The van der Waals surface area contributed by atoms with Crippen molar-refractivity contribution in [3.05, 3.63) is 12.2 Å². The monoisotopic (exact) mass is 286 g/mol. The molecule has 0 aliphatic rings. The summed E-state index contributed by atoms with van der Waals surface area (Å²) in [5, 5.41) is 17.5. The molecule has 0 aliphatic carbocycles. The van der Waals surface area contributed by atoms with Gasteiger partial charge in [-0.25, -0.2) is 0 Å². The van der Waals surface area contributed by atoms with Gasteiger partial charge in [0.15, 0.2) is 17.4 Å². The molecule has 0 aromatic heterocycles. The van der Waals surface area contributed by atoms with Crippen LogP contribution in [0.4, 0.5) is 0 Å². The lowest BCUT2D eigenvalue weighted by Gasteiger charge is -2.06. The number of carbonyl (C=O) groups is 2. The Kier molecular flexibility index (Phi) is 14.7. The Hall–Kier alpha value is -0.788. The average molecular weight is 286 g/mol. The highest BCUT2D eigenvalue weighted by Gasteiger charge is 2.13. The van der Waals surface area contributed by atoms with Crippen LogP contribution in [0.2, 0.25) is 0 Å². The van der Waals surface area contributed by atoms with E-state index in [0.29, 0.717) is 12.8 Å². The van der Waals surface area contributed by atoms with Gasteiger partial charge in [0.25, 0.3) is 0 Å². The van der Waals surface area contributed by atoms with E-state index in [2.05, 4.69) is 6.92 Å². The molecule has 0 rings (SSSR count). The van der Waals surface area contributed by atoms with Gasteiger partial charge in [-0.3, -0.25) is 9.59 Å². The maximum Gasteiger partial charge on any atom is 0.310 e. The summed E-state index contributed by atoms with van der Waals surface area (Å²) in [7, 11) is 0. The van der Waals surface area contributed by atoms with Gasteiger partial charge < -0.3 is 10.2 Å². The Morgan fingerprint density at radius 2 is 1.79 bits per heavy atom. The van der Waals surface area contributed by atoms with Gasteiger partial charge in [-0.05, 0) is 25.7 Å². The summed E-state index contributed by atoms with van der Waals surface area (Å²) in [4.78, 5) is 21.3. The summed E-state index contributed by atoms with van der Waals surface area (Å²) >= 11 is 0. The van der Waals surface area contributed by atoms with E-state index < -0.39 is 17.9 Å². The lowest BCUT2D eigenvalue weighted by molar-refractivity contribution is -0.141. The van der Waals surface area contributed by atoms with Gasteiger partial charge in [0.1, 0.15) is 0 Å². The number of carboxylic acids is 2. The minimum Gasteiger partial charge on any atom is -0.481 e. The third-order valence-corrected chi connectivity index (χ3v) is 2.82. The van der Waals surface area contributed by atoms with Crippen molar-refractivity contribution >= 4 is 29.3 Å². The second-order valence-corrected chi connectivity index (χ2v) is 4.51. The molecule has 110 valence electrons. The van der Waals surface area contributed by atoms with Gasteiger partial charge >= 0.3 is 11.9 Å². The number of unbranched alkanes of at least 4 members (excludes halogenated alkanes) is 4. The number of hydrogen-bond acceptors (Lipinski definition) is 2. The van der Waals surface area contributed by atoms with E-state index in [1.807, 2.05) is 6.08 Å². The van der Waals surface area contributed by atoms with Gasteiger partial charge in [-0.2, -0.15) is 0 Å². The van der Waals surface area contributed by atoms with Crippen molar-refractivity contribution in [3.63, 3.8) is 0 Å². The predicted octanol–water partition coefficient (Wildman–Crippen LogP) is 2.28. The van der Waals surface area contributed by atoms with Crippen LogP contribution in [-0.4, -0.2) is 39.5 Å². The van der Waals surface area contributed by atoms with Crippen molar-refractivity contribution in [1.29, 1.82) is 0 Å². The van der Waals surface area contributed by atoms with Crippen LogP contribution < -0.4 is 0 Å². The molecule has 0 aromatic rings. The quantitative estimate of drug-likeness (QED) is 0.347. The van der Waals surface area contributed by atoms with Crippen LogP contribution in [0, 0.1) is 5.92 Å². The minimum absolute atomic E-state index is 0. The van der Waals surface area contributed by atoms with Crippen LogP contribution in [0.5, 0.6) is 0 Å². The number of carboxylic acid groups (broad SMARTS) is 2. The molecule has 0 aliphatic heterocycles. The largest absolute Gasteiger partial charge is 0.481 e. The zero-order chi connectivity index (χ0) is 13.8. The van der Waals surface area contributed by atoms with E-state index >= 15 is 0 Å². The van der Waals surface area contributed by atoms with Crippen molar-refractivity contribution < 1.29 is 19.8 Å². The van der Waals surface area contributed by atoms with E-state index in [1.165, 1.54) is 19.3 Å². The third kappa shape index (κ3) is 13.4. The average Bonchev–Trinajstić information content (AvgIpc) is 2.30. The molecule has 5 heteroatoms. The molecule has 1 unspecified atom stereocenters. The predicted molar refractivity (Wildman–Crippen MR) is 80.5 cm³/mol. The Balaban J connectivity index is 0. The van der Waals surface area contributed by atoms with Crippen LogP contribution in [0.3, 0.4) is 0 Å². The molecule has 19 heavy (non-hydrogen) atoms. The first-order chi connectivity index (χ1) is 8.57. The van der Waals surface area contributed by atoms with Crippen LogP contribution >= 0.6 is 0 Å². The van der Waals surface area contributed by atoms with Crippen molar-refractivity contribution in [2.24, 2.45) is 5.92 Å². The molecular formula is C14H27AlO4. The van der Waals surface area contributed by atoms with Crippen molar-refractivity contribution in [2.75, 3.05) is 0 Å². The summed E-state index contributed by atoms with van der Waals surface area (Å²) < 4.78 is 0. The topological polar surface area (TPSA) is 74.6 Å². The van der Waals surface area contributed by atoms with Gasteiger partial charge in [0, 0.05) is 6.42 Å². The fourth-order valence-electron chi connectivity index (χ4n) is 1.72. The zero-order valence-electron chi connectivity index (χ0n) is 11.1. The highest BCUT2D eigenvalue weighted by atomic mass is 27.0. The normalized spacial score (nSPS) is 12.1. The number of allylic oxidation sites excluding steroid dienone is 1. The van der Waals surface area contributed by atoms with Gasteiger partial charge in [0.05, 0.1) is 5.92 Å². The van der Waals surface area contributed by atoms with E-state index in [1.54, 1.807) is 6.08 Å². The Morgan fingerprint density at radius 1 is 1.11 bits per heavy atom. The lowest BCUT2D eigenvalue weighted by Crippen LogP contribution is -2.11. The fourth-order valence-corrected chi connectivity index (χ4v) is 1.72. The smallest absolute Gasteiger partial charge is 0.310 e. The first-order valence-corrected chi connectivity index (χ1v) is 6.69. The van der Waals surface area contributed by atoms with Crippen molar-refractivity contribution in [3.8, 4) is 0 Å². The minimum atomic E-state index is -0.873. The summed E-state index contributed by atoms with van der Waals surface area (Å²) in [6.07, 6.45) is 10.0. The Morgan fingerprint density at radius 3 is 2.32 bits per heavy atom. The molecule has 4 nitrogen and oxygen atoms in total. The first-order valence-electron chi connectivity index (χ1n) is 6.69. The summed E-state index contributed by atoms with van der Waals surface area (Å²) in [5.41, 5.74) is 0. The molecular weight excluding hydrogens is 259 g/mol. The molecule has 0 spiro atoms. The molecule has 1 atom stereocenters. The second kappa shape index (κ2) is 13.6. The van der Waals surface area contributed by atoms with Gasteiger partial charge in [-0.15, -0.1) is 0 Å². The van der Waals surface area contributed by atoms with Crippen LogP contribution in [-0.2, 0) is 9.59 Å². The van der Waals surface area contributed by atoms with Gasteiger partial charge in [0.2, 0.25) is 0 Å². The molecule has 0 heterocycles. The number of rotatable bonds is 11. The molecule has 0 saturated heterocycles. The molecule has 2 N–H and O–H groups in total.